The Kier molecular flexibility index (Phi) is 2.27. The minimum absolute atomic E-state index is 0.181. The van der Waals surface area contributed by atoms with Gasteiger partial charge in [-0.15, -0.1) is 0 Å². The summed E-state index contributed by atoms with van der Waals surface area (Å²) in [5, 5.41) is 11.8. The Hall–Kier alpha value is -2.81. The highest BCUT2D eigenvalue weighted by molar-refractivity contribution is 5.87. The summed E-state index contributed by atoms with van der Waals surface area (Å²) < 4.78 is 5.80. The van der Waals surface area contributed by atoms with Gasteiger partial charge in [-0.1, -0.05) is 36.4 Å². The first-order valence-corrected chi connectivity index (χ1v) is 6.39. The minimum Gasteiger partial charge on any atom is -0.506 e. The van der Waals surface area contributed by atoms with Crippen molar-refractivity contribution in [3.63, 3.8) is 0 Å². The van der Waals surface area contributed by atoms with Gasteiger partial charge in [0.15, 0.2) is 5.76 Å². The van der Waals surface area contributed by atoms with Crippen molar-refractivity contribution in [2.45, 2.75) is 0 Å². The lowest BCUT2D eigenvalue weighted by Crippen LogP contribution is -1.84. The number of hydrogen-bond acceptors (Lipinski definition) is 3. The fourth-order valence-corrected chi connectivity index (χ4v) is 2.38. The molecule has 0 amide bonds. The van der Waals surface area contributed by atoms with Gasteiger partial charge in [0.2, 0.25) is 0 Å². The van der Waals surface area contributed by atoms with E-state index in [2.05, 4.69) is 4.98 Å². The topological polar surface area (TPSA) is 46.3 Å². The van der Waals surface area contributed by atoms with E-state index in [0.29, 0.717) is 11.3 Å². The standard InChI is InChI=1S/C17H11NO2/c19-14-6-3-5-11-8-9-13(18-17(11)14)16-10-12-4-1-2-7-15(12)20-16/h1-10,19H. The number of aromatic nitrogens is 1. The molecule has 0 unspecified atom stereocenters. The first-order chi connectivity index (χ1) is 9.81. The number of nitrogens with zero attached hydrogens (tertiary/aromatic N) is 1. The van der Waals surface area contributed by atoms with Crippen LogP contribution in [-0.2, 0) is 0 Å². The Labute approximate surface area is 115 Å². The number of benzene rings is 2. The summed E-state index contributed by atoms with van der Waals surface area (Å²) >= 11 is 0. The second-order valence-corrected chi connectivity index (χ2v) is 4.69. The van der Waals surface area contributed by atoms with Gasteiger partial charge in [0, 0.05) is 10.8 Å². The average Bonchev–Trinajstić information content (AvgIpc) is 2.91. The zero-order valence-electron chi connectivity index (χ0n) is 10.6. The molecule has 0 aliphatic carbocycles. The summed E-state index contributed by atoms with van der Waals surface area (Å²) in [6.45, 7) is 0. The maximum absolute atomic E-state index is 9.89. The molecule has 3 nitrogen and oxygen atoms in total. The summed E-state index contributed by atoms with van der Waals surface area (Å²) in [5.41, 5.74) is 2.14. The molecule has 2 heterocycles. The minimum atomic E-state index is 0.181. The van der Waals surface area contributed by atoms with E-state index in [1.54, 1.807) is 12.1 Å². The average molecular weight is 261 g/mol. The molecule has 4 aromatic rings. The number of para-hydroxylation sites is 2. The lowest BCUT2D eigenvalue weighted by molar-refractivity contribution is 0.480. The van der Waals surface area contributed by atoms with E-state index in [4.69, 9.17) is 4.42 Å². The van der Waals surface area contributed by atoms with Gasteiger partial charge in [-0.2, -0.15) is 0 Å². The van der Waals surface area contributed by atoms with Crippen molar-refractivity contribution >= 4 is 21.9 Å². The normalized spacial score (nSPS) is 11.2. The number of phenols is 1. The monoisotopic (exact) mass is 261 g/mol. The van der Waals surface area contributed by atoms with Crippen LogP contribution >= 0.6 is 0 Å². The SMILES string of the molecule is Oc1cccc2ccc(-c3cc4ccccc4o3)nc12. The number of pyridine rings is 1. The van der Waals surface area contributed by atoms with Crippen LogP contribution in [0.4, 0.5) is 0 Å². The molecule has 2 aromatic heterocycles. The zero-order chi connectivity index (χ0) is 13.5. The molecule has 0 spiro atoms. The molecule has 1 N–H and O–H groups in total. The van der Waals surface area contributed by atoms with Crippen molar-refractivity contribution in [3.8, 4) is 17.2 Å². The molecule has 4 rings (SSSR count). The fraction of sp³-hybridized carbons (Fsp3) is 0. The summed E-state index contributed by atoms with van der Waals surface area (Å²) in [7, 11) is 0. The predicted molar refractivity (Wildman–Crippen MR) is 78.6 cm³/mol. The van der Waals surface area contributed by atoms with Gasteiger partial charge >= 0.3 is 0 Å². The van der Waals surface area contributed by atoms with Crippen LogP contribution in [0.15, 0.2) is 65.1 Å². The Bertz CT molecular complexity index is 891. The van der Waals surface area contributed by atoms with Crippen molar-refractivity contribution in [2.75, 3.05) is 0 Å². The van der Waals surface area contributed by atoms with Crippen LogP contribution in [0, 0.1) is 0 Å². The van der Waals surface area contributed by atoms with E-state index >= 15 is 0 Å². The van der Waals surface area contributed by atoms with Crippen LogP contribution in [0.1, 0.15) is 0 Å². The second kappa shape index (κ2) is 4.10. The third-order valence-corrected chi connectivity index (χ3v) is 3.38. The van der Waals surface area contributed by atoms with Crippen LogP contribution in [0.3, 0.4) is 0 Å². The number of hydrogen-bond donors (Lipinski definition) is 1. The molecule has 0 saturated carbocycles. The molecule has 0 aliphatic heterocycles. The first-order valence-electron chi connectivity index (χ1n) is 6.39. The van der Waals surface area contributed by atoms with E-state index in [1.165, 1.54) is 0 Å². The van der Waals surface area contributed by atoms with Gasteiger partial charge < -0.3 is 9.52 Å². The zero-order valence-corrected chi connectivity index (χ0v) is 10.6. The highest BCUT2D eigenvalue weighted by Gasteiger charge is 2.09. The Balaban J connectivity index is 1.95. The molecular weight excluding hydrogens is 250 g/mol. The van der Waals surface area contributed by atoms with Crippen LogP contribution < -0.4 is 0 Å². The molecule has 96 valence electrons. The molecule has 0 bridgehead atoms. The fourth-order valence-electron chi connectivity index (χ4n) is 2.38. The summed E-state index contributed by atoms with van der Waals surface area (Å²) in [6.07, 6.45) is 0. The van der Waals surface area contributed by atoms with Gasteiger partial charge in [-0.05, 0) is 24.3 Å². The first kappa shape index (κ1) is 11.1. The molecule has 0 radical (unpaired) electrons. The van der Waals surface area contributed by atoms with Crippen LogP contribution in [0.25, 0.3) is 33.3 Å². The van der Waals surface area contributed by atoms with Crippen LogP contribution in [-0.4, -0.2) is 10.1 Å². The summed E-state index contributed by atoms with van der Waals surface area (Å²) in [4.78, 5) is 4.50. The second-order valence-electron chi connectivity index (χ2n) is 4.69. The van der Waals surface area contributed by atoms with Crippen LogP contribution in [0.2, 0.25) is 0 Å². The van der Waals surface area contributed by atoms with E-state index < -0.39 is 0 Å². The van der Waals surface area contributed by atoms with Crippen molar-refractivity contribution in [3.05, 3.63) is 60.7 Å². The highest BCUT2D eigenvalue weighted by atomic mass is 16.3. The highest BCUT2D eigenvalue weighted by Crippen LogP contribution is 2.29. The third kappa shape index (κ3) is 1.64. The molecule has 3 heteroatoms. The third-order valence-electron chi connectivity index (χ3n) is 3.38. The molecule has 0 aliphatic rings. The van der Waals surface area contributed by atoms with Gasteiger partial charge in [0.1, 0.15) is 22.5 Å². The Morgan fingerprint density at radius 3 is 2.60 bits per heavy atom. The number of phenolic OH excluding ortho intramolecular Hbond substituents is 1. The maximum atomic E-state index is 9.89. The van der Waals surface area contributed by atoms with Gasteiger partial charge in [0.05, 0.1) is 0 Å². The summed E-state index contributed by atoms with van der Waals surface area (Å²) in [6, 6.07) is 19.0. The predicted octanol–water partition coefficient (Wildman–Crippen LogP) is 4.35. The molecule has 0 atom stereocenters. The largest absolute Gasteiger partial charge is 0.506 e. The quantitative estimate of drug-likeness (QED) is 0.554. The molecule has 0 fully saturated rings. The number of aromatic hydroxyl groups is 1. The Morgan fingerprint density at radius 1 is 0.850 bits per heavy atom. The van der Waals surface area contributed by atoms with Gasteiger partial charge in [0.25, 0.3) is 0 Å². The molecular formula is C17H11NO2. The van der Waals surface area contributed by atoms with Crippen molar-refractivity contribution in [1.82, 2.24) is 4.98 Å². The van der Waals surface area contributed by atoms with E-state index in [0.717, 1.165) is 22.0 Å². The lowest BCUT2D eigenvalue weighted by Gasteiger charge is -2.02. The van der Waals surface area contributed by atoms with Gasteiger partial charge in [-0.3, -0.25) is 0 Å². The molecule has 2 aromatic carbocycles. The van der Waals surface area contributed by atoms with Gasteiger partial charge in [-0.25, -0.2) is 4.98 Å². The van der Waals surface area contributed by atoms with Crippen molar-refractivity contribution < 1.29 is 9.52 Å². The van der Waals surface area contributed by atoms with E-state index in [1.807, 2.05) is 48.5 Å². The number of fused-ring (bicyclic) bond motifs is 2. The molecule has 0 saturated heterocycles. The molecule has 20 heavy (non-hydrogen) atoms. The Morgan fingerprint density at radius 2 is 1.70 bits per heavy atom. The maximum Gasteiger partial charge on any atom is 0.153 e. The lowest BCUT2D eigenvalue weighted by atomic mass is 10.1. The number of rotatable bonds is 1. The van der Waals surface area contributed by atoms with Crippen molar-refractivity contribution in [2.24, 2.45) is 0 Å². The van der Waals surface area contributed by atoms with E-state index in [9.17, 15) is 5.11 Å². The summed E-state index contributed by atoms with van der Waals surface area (Å²) in [5.74, 6) is 0.886. The number of furan rings is 1. The van der Waals surface area contributed by atoms with Crippen molar-refractivity contribution in [1.29, 1.82) is 0 Å². The van der Waals surface area contributed by atoms with E-state index in [-0.39, 0.29) is 5.75 Å². The van der Waals surface area contributed by atoms with Crippen LogP contribution in [0.5, 0.6) is 5.75 Å². The smallest absolute Gasteiger partial charge is 0.153 e.